The highest BCUT2D eigenvalue weighted by Crippen LogP contribution is 2.25. The Balaban J connectivity index is 2.25. The zero-order chi connectivity index (χ0) is 12.5. The van der Waals surface area contributed by atoms with Crippen molar-refractivity contribution in [3.63, 3.8) is 0 Å². The topological polar surface area (TPSA) is 51.8 Å². The fourth-order valence-electron chi connectivity index (χ4n) is 2.03. The Morgan fingerprint density at radius 1 is 1.00 bits per heavy atom. The van der Waals surface area contributed by atoms with E-state index in [4.69, 9.17) is 5.73 Å². The standard InChI is InChI=1S/C15H13N3/c1-10-5-6-11-9-14(13-4-2-3-7-17-13)18-15(16)12(11)8-10/h2-9H,1H3,(H2,16,18). The third-order valence-corrected chi connectivity index (χ3v) is 2.95. The van der Waals surface area contributed by atoms with Crippen LogP contribution in [0.4, 0.5) is 5.82 Å². The fourth-order valence-corrected chi connectivity index (χ4v) is 2.03. The zero-order valence-corrected chi connectivity index (χ0v) is 10.1. The first-order valence-electron chi connectivity index (χ1n) is 5.82. The van der Waals surface area contributed by atoms with Crippen molar-refractivity contribution in [1.82, 2.24) is 9.97 Å². The Hall–Kier alpha value is -2.42. The van der Waals surface area contributed by atoms with Crippen molar-refractivity contribution in [2.75, 3.05) is 5.73 Å². The molecule has 2 aromatic heterocycles. The number of pyridine rings is 2. The van der Waals surface area contributed by atoms with E-state index in [1.165, 1.54) is 5.56 Å². The van der Waals surface area contributed by atoms with Gasteiger partial charge >= 0.3 is 0 Å². The molecule has 2 N–H and O–H groups in total. The SMILES string of the molecule is Cc1ccc2cc(-c3ccccn3)nc(N)c2c1. The molecule has 0 aliphatic carbocycles. The minimum Gasteiger partial charge on any atom is -0.383 e. The third-order valence-electron chi connectivity index (χ3n) is 2.95. The maximum Gasteiger partial charge on any atom is 0.132 e. The molecule has 0 bridgehead atoms. The van der Waals surface area contributed by atoms with E-state index in [1.807, 2.05) is 31.2 Å². The molecule has 0 aliphatic heterocycles. The minimum absolute atomic E-state index is 0.553. The second-order valence-electron chi connectivity index (χ2n) is 4.33. The van der Waals surface area contributed by atoms with Crippen LogP contribution in [0.2, 0.25) is 0 Å². The second-order valence-corrected chi connectivity index (χ2v) is 4.33. The largest absolute Gasteiger partial charge is 0.383 e. The summed E-state index contributed by atoms with van der Waals surface area (Å²) in [6.45, 7) is 2.05. The van der Waals surface area contributed by atoms with Crippen LogP contribution in [0.1, 0.15) is 5.56 Å². The molecule has 0 atom stereocenters. The van der Waals surface area contributed by atoms with Crippen LogP contribution >= 0.6 is 0 Å². The molecular weight excluding hydrogens is 222 g/mol. The quantitative estimate of drug-likeness (QED) is 0.704. The van der Waals surface area contributed by atoms with Gasteiger partial charge in [-0.2, -0.15) is 0 Å². The van der Waals surface area contributed by atoms with E-state index in [9.17, 15) is 0 Å². The van der Waals surface area contributed by atoms with Crippen LogP contribution in [0.15, 0.2) is 48.7 Å². The number of rotatable bonds is 1. The average molecular weight is 235 g/mol. The van der Waals surface area contributed by atoms with Crippen LogP contribution in [-0.2, 0) is 0 Å². The van der Waals surface area contributed by atoms with Crippen molar-refractivity contribution < 1.29 is 0 Å². The number of nitrogens with two attached hydrogens (primary N) is 1. The summed E-state index contributed by atoms with van der Waals surface area (Å²) in [6, 6.07) is 14.0. The van der Waals surface area contributed by atoms with Gasteiger partial charge in [0.25, 0.3) is 0 Å². The number of aromatic nitrogens is 2. The van der Waals surface area contributed by atoms with E-state index in [-0.39, 0.29) is 0 Å². The monoisotopic (exact) mass is 235 g/mol. The number of hydrogen-bond donors (Lipinski definition) is 1. The lowest BCUT2D eigenvalue weighted by molar-refractivity contribution is 1.26. The Bertz CT molecular complexity index is 706. The molecule has 0 unspecified atom stereocenters. The number of fused-ring (bicyclic) bond motifs is 1. The highest BCUT2D eigenvalue weighted by molar-refractivity contribution is 5.93. The first kappa shape index (κ1) is 10.7. The van der Waals surface area contributed by atoms with Gasteiger partial charge in [0.05, 0.1) is 11.4 Å². The first-order chi connectivity index (χ1) is 8.74. The zero-order valence-electron chi connectivity index (χ0n) is 10.1. The molecule has 18 heavy (non-hydrogen) atoms. The van der Waals surface area contributed by atoms with E-state index in [1.54, 1.807) is 6.20 Å². The summed E-state index contributed by atoms with van der Waals surface area (Å²) < 4.78 is 0. The molecular formula is C15H13N3. The van der Waals surface area contributed by atoms with Gasteiger partial charge in [-0.15, -0.1) is 0 Å². The summed E-state index contributed by atoms with van der Waals surface area (Å²) in [4.78, 5) is 8.72. The lowest BCUT2D eigenvalue weighted by Gasteiger charge is -2.06. The Morgan fingerprint density at radius 3 is 2.67 bits per heavy atom. The minimum atomic E-state index is 0.553. The predicted molar refractivity (Wildman–Crippen MR) is 74.1 cm³/mol. The first-order valence-corrected chi connectivity index (χ1v) is 5.82. The van der Waals surface area contributed by atoms with Gasteiger partial charge < -0.3 is 5.73 Å². The van der Waals surface area contributed by atoms with Crippen LogP contribution in [-0.4, -0.2) is 9.97 Å². The number of aryl methyl sites for hydroxylation is 1. The Labute approximate surface area is 105 Å². The van der Waals surface area contributed by atoms with E-state index in [2.05, 4.69) is 28.2 Å². The smallest absolute Gasteiger partial charge is 0.132 e. The molecule has 3 nitrogen and oxygen atoms in total. The van der Waals surface area contributed by atoms with E-state index in [0.29, 0.717) is 5.82 Å². The molecule has 0 spiro atoms. The molecule has 0 aliphatic rings. The number of nitrogen functional groups attached to an aromatic ring is 1. The van der Waals surface area contributed by atoms with Gasteiger partial charge in [0.1, 0.15) is 5.82 Å². The summed E-state index contributed by atoms with van der Waals surface area (Å²) in [7, 11) is 0. The molecule has 3 heteroatoms. The van der Waals surface area contributed by atoms with Gasteiger partial charge in [0.2, 0.25) is 0 Å². The number of nitrogens with zero attached hydrogens (tertiary/aromatic N) is 2. The normalized spacial score (nSPS) is 10.7. The molecule has 2 heterocycles. The van der Waals surface area contributed by atoms with Crippen molar-refractivity contribution >= 4 is 16.6 Å². The van der Waals surface area contributed by atoms with Crippen molar-refractivity contribution in [1.29, 1.82) is 0 Å². The number of benzene rings is 1. The van der Waals surface area contributed by atoms with Gasteiger partial charge in [0, 0.05) is 11.6 Å². The molecule has 88 valence electrons. The van der Waals surface area contributed by atoms with Crippen LogP contribution in [0.3, 0.4) is 0 Å². The van der Waals surface area contributed by atoms with E-state index >= 15 is 0 Å². The lowest BCUT2D eigenvalue weighted by Crippen LogP contribution is -1.95. The van der Waals surface area contributed by atoms with Gasteiger partial charge in [0.15, 0.2) is 0 Å². The highest BCUT2D eigenvalue weighted by atomic mass is 14.9. The highest BCUT2D eigenvalue weighted by Gasteiger charge is 2.06. The van der Waals surface area contributed by atoms with Crippen molar-refractivity contribution in [3.8, 4) is 11.4 Å². The Kier molecular flexibility index (Phi) is 2.45. The summed E-state index contributed by atoms with van der Waals surface area (Å²) in [5.74, 6) is 0.553. The molecule has 0 saturated carbocycles. The fraction of sp³-hybridized carbons (Fsp3) is 0.0667. The maximum absolute atomic E-state index is 6.02. The third kappa shape index (κ3) is 1.80. The van der Waals surface area contributed by atoms with Gasteiger partial charge in [-0.25, -0.2) is 4.98 Å². The van der Waals surface area contributed by atoms with Crippen LogP contribution in [0.25, 0.3) is 22.2 Å². The van der Waals surface area contributed by atoms with E-state index in [0.717, 1.165) is 22.2 Å². The summed E-state index contributed by atoms with van der Waals surface area (Å²) in [6.07, 6.45) is 1.76. The Morgan fingerprint density at radius 2 is 1.89 bits per heavy atom. The summed E-state index contributed by atoms with van der Waals surface area (Å²) >= 11 is 0. The lowest BCUT2D eigenvalue weighted by atomic mass is 10.1. The molecule has 3 rings (SSSR count). The van der Waals surface area contributed by atoms with Crippen LogP contribution in [0.5, 0.6) is 0 Å². The number of hydrogen-bond acceptors (Lipinski definition) is 3. The van der Waals surface area contributed by atoms with Crippen molar-refractivity contribution in [3.05, 3.63) is 54.2 Å². The van der Waals surface area contributed by atoms with Crippen LogP contribution < -0.4 is 5.73 Å². The average Bonchev–Trinajstić information content (AvgIpc) is 2.40. The van der Waals surface area contributed by atoms with Gasteiger partial charge in [-0.1, -0.05) is 23.8 Å². The van der Waals surface area contributed by atoms with Gasteiger partial charge in [-0.3, -0.25) is 4.98 Å². The molecule has 0 fully saturated rings. The molecule has 3 aromatic rings. The number of anilines is 1. The molecule has 0 amide bonds. The predicted octanol–water partition coefficient (Wildman–Crippen LogP) is 3.19. The van der Waals surface area contributed by atoms with Gasteiger partial charge in [-0.05, 0) is 36.6 Å². The van der Waals surface area contributed by atoms with Crippen molar-refractivity contribution in [2.45, 2.75) is 6.92 Å². The molecule has 0 radical (unpaired) electrons. The molecule has 0 saturated heterocycles. The van der Waals surface area contributed by atoms with E-state index < -0.39 is 0 Å². The van der Waals surface area contributed by atoms with Crippen LogP contribution in [0, 0.1) is 6.92 Å². The van der Waals surface area contributed by atoms with Crippen molar-refractivity contribution in [2.24, 2.45) is 0 Å². The maximum atomic E-state index is 6.02. The molecule has 1 aromatic carbocycles. The summed E-state index contributed by atoms with van der Waals surface area (Å²) in [5, 5.41) is 2.09. The second kappa shape index (κ2) is 4.11. The summed E-state index contributed by atoms with van der Waals surface area (Å²) in [5.41, 5.74) is 8.86.